The van der Waals surface area contributed by atoms with Crippen LogP contribution < -0.4 is 5.32 Å². The number of sulfone groups is 1. The number of rotatable bonds is 5. The van der Waals surface area contributed by atoms with E-state index in [-0.39, 0.29) is 4.90 Å². The Hall–Kier alpha value is -1.30. The third-order valence-electron chi connectivity index (χ3n) is 2.90. The molecule has 0 saturated carbocycles. The Morgan fingerprint density at radius 1 is 1.14 bits per heavy atom. The van der Waals surface area contributed by atoms with Crippen LogP contribution in [0.15, 0.2) is 41.4 Å². The van der Waals surface area contributed by atoms with Crippen LogP contribution in [0.1, 0.15) is 5.56 Å². The highest BCUT2D eigenvalue weighted by Crippen LogP contribution is 2.25. The topological polar surface area (TPSA) is 59.1 Å². The van der Waals surface area contributed by atoms with Crippen molar-refractivity contribution in [3.05, 3.63) is 52.1 Å². The minimum absolute atomic E-state index is 0.176. The second-order valence-electron chi connectivity index (χ2n) is 4.50. The van der Waals surface area contributed by atoms with Crippen molar-refractivity contribution in [2.75, 3.05) is 18.1 Å². The molecule has 1 aromatic carbocycles. The van der Waals surface area contributed by atoms with Crippen LogP contribution in [-0.2, 0) is 16.3 Å². The summed E-state index contributed by atoms with van der Waals surface area (Å²) in [5.41, 5.74) is 0.824. The Morgan fingerprint density at radius 3 is 2.43 bits per heavy atom. The van der Waals surface area contributed by atoms with Crippen LogP contribution in [0, 0.1) is 0 Å². The lowest BCUT2D eigenvalue weighted by atomic mass is 10.1. The predicted octanol–water partition coefficient (Wildman–Crippen LogP) is 3.45. The number of pyridine rings is 1. The van der Waals surface area contributed by atoms with Crippen molar-refractivity contribution >= 4 is 38.9 Å². The van der Waals surface area contributed by atoms with Crippen molar-refractivity contribution in [1.29, 1.82) is 0 Å². The molecule has 0 aliphatic rings. The van der Waals surface area contributed by atoms with E-state index in [0.29, 0.717) is 28.8 Å². The van der Waals surface area contributed by atoms with E-state index < -0.39 is 9.84 Å². The van der Waals surface area contributed by atoms with Gasteiger partial charge in [-0.15, -0.1) is 0 Å². The van der Waals surface area contributed by atoms with Crippen molar-refractivity contribution in [2.24, 2.45) is 0 Å². The van der Waals surface area contributed by atoms with Crippen molar-refractivity contribution in [3.8, 4) is 0 Å². The van der Waals surface area contributed by atoms with Crippen LogP contribution in [0.5, 0.6) is 0 Å². The standard InChI is InChI=1S/C14H14Cl2N2O2S/c1-21(19,20)13-6-3-8-17-14(13)18-9-7-10-11(15)4-2-5-12(10)16/h2-6,8H,7,9H2,1H3,(H,17,18). The normalized spacial score (nSPS) is 11.4. The summed E-state index contributed by atoms with van der Waals surface area (Å²) in [7, 11) is -3.32. The highest BCUT2D eigenvalue weighted by Gasteiger charge is 2.13. The summed E-state index contributed by atoms with van der Waals surface area (Å²) in [5, 5.41) is 4.20. The van der Waals surface area contributed by atoms with Crippen LogP contribution in [0.4, 0.5) is 5.82 Å². The van der Waals surface area contributed by atoms with Crippen molar-refractivity contribution in [2.45, 2.75) is 11.3 Å². The Bertz CT molecular complexity index is 728. The van der Waals surface area contributed by atoms with Crippen LogP contribution >= 0.6 is 23.2 Å². The van der Waals surface area contributed by atoms with Gasteiger partial charge in [-0.1, -0.05) is 29.3 Å². The van der Waals surface area contributed by atoms with Gasteiger partial charge >= 0.3 is 0 Å². The SMILES string of the molecule is CS(=O)(=O)c1cccnc1NCCc1c(Cl)cccc1Cl. The van der Waals surface area contributed by atoms with E-state index in [1.807, 2.05) is 0 Å². The van der Waals surface area contributed by atoms with Gasteiger partial charge in [0.2, 0.25) is 0 Å². The third-order valence-corrected chi connectivity index (χ3v) is 4.74. The van der Waals surface area contributed by atoms with Crippen molar-refractivity contribution in [3.63, 3.8) is 0 Å². The van der Waals surface area contributed by atoms with Gasteiger partial charge in [-0.25, -0.2) is 13.4 Å². The summed E-state index contributed by atoms with van der Waals surface area (Å²) in [6.45, 7) is 0.475. The maximum absolute atomic E-state index is 11.7. The molecule has 1 heterocycles. The van der Waals surface area contributed by atoms with Gasteiger partial charge in [0.15, 0.2) is 9.84 Å². The van der Waals surface area contributed by atoms with Crippen molar-refractivity contribution in [1.82, 2.24) is 4.98 Å². The zero-order valence-electron chi connectivity index (χ0n) is 11.3. The highest BCUT2D eigenvalue weighted by molar-refractivity contribution is 7.90. The zero-order chi connectivity index (χ0) is 15.5. The molecule has 0 saturated heterocycles. The molecule has 0 aliphatic carbocycles. The van der Waals surface area contributed by atoms with Gasteiger partial charge in [-0.05, 0) is 36.2 Å². The first-order valence-electron chi connectivity index (χ1n) is 6.21. The van der Waals surface area contributed by atoms with E-state index in [4.69, 9.17) is 23.2 Å². The number of halogens is 2. The first kappa shape index (κ1) is 16.1. The molecule has 0 spiro atoms. The molecular weight excluding hydrogens is 331 g/mol. The molecule has 0 amide bonds. The number of nitrogens with one attached hydrogen (secondary N) is 1. The first-order chi connectivity index (χ1) is 9.89. The molecule has 0 bridgehead atoms. The largest absolute Gasteiger partial charge is 0.369 e. The summed E-state index contributed by atoms with van der Waals surface area (Å²) < 4.78 is 23.3. The van der Waals surface area contributed by atoms with Crippen LogP contribution in [0.2, 0.25) is 10.0 Å². The van der Waals surface area contributed by atoms with Gasteiger partial charge in [0, 0.05) is 29.0 Å². The molecule has 0 unspecified atom stereocenters. The van der Waals surface area contributed by atoms with Gasteiger partial charge < -0.3 is 5.32 Å². The summed E-state index contributed by atoms with van der Waals surface area (Å²) in [6, 6.07) is 8.43. The second kappa shape index (κ2) is 6.64. The summed E-state index contributed by atoms with van der Waals surface area (Å²) >= 11 is 12.2. The molecule has 1 aromatic heterocycles. The molecule has 112 valence electrons. The Labute approximate surface area is 134 Å². The first-order valence-corrected chi connectivity index (χ1v) is 8.86. The number of nitrogens with zero attached hydrogens (tertiary/aromatic N) is 1. The highest BCUT2D eigenvalue weighted by atomic mass is 35.5. The third kappa shape index (κ3) is 4.09. The van der Waals surface area contributed by atoms with Gasteiger partial charge in [0.25, 0.3) is 0 Å². The van der Waals surface area contributed by atoms with E-state index in [1.54, 1.807) is 30.5 Å². The Balaban J connectivity index is 2.12. The molecule has 0 aliphatic heterocycles. The predicted molar refractivity (Wildman–Crippen MR) is 86.0 cm³/mol. The molecule has 0 atom stereocenters. The average molecular weight is 345 g/mol. The van der Waals surface area contributed by atoms with Gasteiger partial charge in [-0.2, -0.15) is 0 Å². The molecule has 4 nitrogen and oxygen atoms in total. The monoisotopic (exact) mass is 344 g/mol. The van der Waals surface area contributed by atoms with Crippen LogP contribution in [-0.4, -0.2) is 26.2 Å². The Kier molecular flexibility index (Phi) is 5.08. The van der Waals surface area contributed by atoms with Gasteiger partial charge in [0.1, 0.15) is 10.7 Å². The maximum atomic E-state index is 11.7. The minimum Gasteiger partial charge on any atom is -0.369 e. The number of hydrogen-bond donors (Lipinski definition) is 1. The lowest BCUT2D eigenvalue weighted by Gasteiger charge is -2.11. The Morgan fingerprint density at radius 2 is 1.81 bits per heavy atom. The smallest absolute Gasteiger partial charge is 0.179 e. The second-order valence-corrected chi connectivity index (χ2v) is 7.30. The molecular formula is C14H14Cl2N2O2S. The number of benzene rings is 1. The van der Waals surface area contributed by atoms with E-state index in [2.05, 4.69) is 10.3 Å². The lowest BCUT2D eigenvalue weighted by molar-refractivity contribution is 0.602. The summed E-state index contributed by atoms with van der Waals surface area (Å²) in [6.07, 6.45) is 3.26. The molecule has 21 heavy (non-hydrogen) atoms. The van der Waals surface area contributed by atoms with Gasteiger partial charge in [0.05, 0.1) is 0 Å². The number of aromatic nitrogens is 1. The van der Waals surface area contributed by atoms with Gasteiger partial charge in [-0.3, -0.25) is 0 Å². The van der Waals surface area contributed by atoms with Crippen molar-refractivity contribution < 1.29 is 8.42 Å². The maximum Gasteiger partial charge on any atom is 0.179 e. The summed E-state index contributed by atoms with van der Waals surface area (Å²) in [4.78, 5) is 4.24. The molecule has 0 radical (unpaired) electrons. The van der Waals surface area contributed by atoms with E-state index in [0.717, 1.165) is 11.8 Å². The number of hydrogen-bond acceptors (Lipinski definition) is 4. The average Bonchev–Trinajstić information content (AvgIpc) is 2.41. The molecule has 0 fully saturated rings. The van der Waals surface area contributed by atoms with Crippen LogP contribution in [0.3, 0.4) is 0 Å². The zero-order valence-corrected chi connectivity index (χ0v) is 13.6. The molecule has 7 heteroatoms. The van der Waals surface area contributed by atoms with E-state index in [1.165, 1.54) is 6.07 Å². The molecule has 2 aromatic rings. The van der Waals surface area contributed by atoms with E-state index in [9.17, 15) is 8.42 Å². The molecule has 1 N–H and O–H groups in total. The fourth-order valence-electron chi connectivity index (χ4n) is 1.90. The number of anilines is 1. The fourth-order valence-corrected chi connectivity index (χ4v) is 3.29. The quantitative estimate of drug-likeness (QED) is 0.902. The fraction of sp³-hybridized carbons (Fsp3) is 0.214. The molecule has 2 rings (SSSR count). The lowest BCUT2D eigenvalue weighted by Crippen LogP contribution is -2.11. The summed E-state index contributed by atoms with van der Waals surface area (Å²) in [5.74, 6) is 0.336. The van der Waals surface area contributed by atoms with Crippen LogP contribution in [0.25, 0.3) is 0 Å². The minimum atomic E-state index is -3.32. The van der Waals surface area contributed by atoms with E-state index >= 15 is 0 Å².